The van der Waals surface area contributed by atoms with Gasteiger partial charge in [-0.1, -0.05) is 0 Å². The van der Waals surface area contributed by atoms with Gasteiger partial charge in [0, 0.05) is 25.7 Å². The number of nitrogens with zero attached hydrogens (tertiary/aromatic N) is 1. The van der Waals surface area contributed by atoms with Crippen molar-refractivity contribution in [2.75, 3.05) is 26.8 Å². The molecule has 0 aromatic carbocycles. The summed E-state index contributed by atoms with van der Waals surface area (Å²) in [6.45, 7) is 1.59. The van der Waals surface area contributed by atoms with Crippen molar-refractivity contribution < 1.29 is 14.6 Å². The van der Waals surface area contributed by atoms with Crippen molar-refractivity contribution in [3.8, 4) is 0 Å². The zero-order valence-electron chi connectivity index (χ0n) is 10.4. The second-order valence-corrected chi connectivity index (χ2v) is 5.03. The molecule has 17 heavy (non-hydrogen) atoms. The van der Waals surface area contributed by atoms with Gasteiger partial charge in [-0.05, 0) is 25.7 Å². The Balaban J connectivity index is 1.77. The molecule has 2 unspecified atom stereocenters. The summed E-state index contributed by atoms with van der Waals surface area (Å²) in [6.07, 6.45) is 3.71. The number of hydrogen-bond donors (Lipinski definition) is 2. The van der Waals surface area contributed by atoms with E-state index in [-0.39, 0.29) is 12.0 Å². The van der Waals surface area contributed by atoms with Gasteiger partial charge < -0.3 is 15.2 Å². The largest absolute Gasteiger partial charge is 0.393 e. The van der Waals surface area contributed by atoms with Crippen LogP contribution in [-0.2, 0) is 9.53 Å². The molecular formula is C12H22N2O3. The number of nitrogens with one attached hydrogen (secondary N) is 1. The summed E-state index contributed by atoms with van der Waals surface area (Å²) in [5, 5.41) is 12.5. The van der Waals surface area contributed by atoms with E-state index in [1.165, 1.54) is 0 Å². The molecule has 5 nitrogen and oxygen atoms in total. The smallest absolute Gasteiger partial charge is 0.234 e. The highest BCUT2D eigenvalue weighted by Crippen LogP contribution is 2.35. The van der Waals surface area contributed by atoms with Crippen LogP contribution in [-0.4, -0.2) is 60.9 Å². The van der Waals surface area contributed by atoms with Crippen molar-refractivity contribution in [1.29, 1.82) is 0 Å². The molecule has 2 aliphatic heterocycles. The predicted molar refractivity (Wildman–Crippen MR) is 63.6 cm³/mol. The number of fused-ring (bicyclic) bond motifs is 2. The molecule has 0 saturated carbocycles. The van der Waals surface area contributed by atoms with E-state index in [1.54, 1.807) is 7.11 Å². The molecule has 0 aromatic heterocycles. The van der Waals surface area contributed by atoms with Crippen molar-refractivity contribution >= 4 is 5.91 Å². The Labute approximate surface area is 102 Å². The number of hydrogen-bond acceptors (Lipinski definition) is 4. The number of carbonyl (C=O) groups is 1. The molecule has 0 spiro atoms. The number of amides is 1. The molecule has 2 saturated heterocycles. The second kappa shape index (κ2) is 5.80. The summed E-state index contributed by atoms with van der Waals surface area (Å²) in [4.78, 5) is 14.0. The van der Waals surface area contributed by atoms with Crippen LogP contribution in [0.25, 0.3) is 0 Å². The average molecular weight is 242 g/mol. The summed E-state index contributed by atoms with van der Waals surface area (Å²) in [5.74, 6) is 0.0651. The molecule has 2 atom stereocenters. The van der Waals surface area contributed by atoms with Crippen molar-refractivity contribution in [2.45, 2.75) is 43.9 Å². The van der Waals surface area contributed by atoms with Gasteiger partial charge >= 0.3 is 0 Å². The number of ether oxygens (including phenoxy) is 1. The van der Waals surface area contributed by atoms with E-state index < -0.39 is 0 Å². The number of piperidine rings is 1. The Hall–Kier alpha value is -0.650. The van der Waals surface area contributed by atoms with Gasteiger partial charge in [-0.15, -0.1) is 0 Å². The van der Waals surface area contributed by atoms with Gasteiger partial charge in [-0.25, -0.2) is 0 Å². The monoisotopic (exact) mass is 242 g/mol. The average Bonchev–Trinajstić information content (AvgIpc) is 2.53. The Bertz CT molecular complexity index is 258. The number of rotatable bonds is 5. The van der Waals surface area contributed by atoms with Gasteiger partial charge in [0.15, 0.2) is 0 Å². The van der Waals surface area contributed by atoms with Crippen LogP contribution in [0.5, 0.6) is 0 Å². The highest BCUT2D eigenvalue weighted by Gasteiger charge is 2.40. The molecule has 5 heteroatoms. The fourth-order valence-corrected chi connectivity index (χ4v) is 3.02. The standard InChI is InChI=1S/C12H22N2O3/c1-17-5-4-13-12(16)8-14-9-2-3-10(14)7-11(15)6-9/h9-11,15H,2-8H2,1H3,(H,13,16). The van der Waals surface area contributed by atoms with Crippen LogP contribution in [0.1, 0.15) is 25.7 Å². The third-order valence-electron chi connectivity index (χ3n) is 3.81. The van der Waals surface area contributed by atoms with E-state index in [0.29, 0.717) is 31.8 Å². The molecule has 2 N–H and O–H groups in total. The molecule has 2 aliphatic rings. The first-order chi connectivity index (χ1) is 8.20. The van der Waals surface area contributed by atoms with Gasteiger partial charge in [-0.3, -0.25) is 9.69 Å². The maximum absolute atomic E-state index is 11.7. The second-order valence-electron chi connectivity index (χ2n) is 5.03. The third-order valence-corrected chi connectivity index (χ3v) is 3.81. The Kier molecular flexibility index (Phi) is 4.36. The molecule has 2 bridgehead atoms. The lowest BCUT2D eigenvalue weighted by Crippen LogP contribution is -2.49. The van der Waals surface area contributed by atoms with E-state index in [2.05, 4.69) is 10.2 Å². The first-order valence-corrected chi connectivity index (χ1v) is 6.40. The van der Waals surface area contributed by atoms with Gasteiger partial charge in [0.2, 0.25) is 5.91 Å². The van der Waals surface area contributed by atoms with Crippen LogP contribution in [0.15, 0.2) is 0 Å². The molecular weight excluding hydrogens is 220 g/mol. The predicted octanol–water partition coefficient (Wildman–Crippen LogP) is -0.263. The highest BCUT2D eigenvalue weighted by atomic mass is 16.5. The van der Waals surface area contributed by atoms with E-state index in [9.17, 15) is 9.90 Å². The number of aliphatic hydroxyl groups excluding tert-OH is 1. The number of carbonyl (C=O) groups excluding carboxylic acids is 1. The lowest BCUT2D eigenvalue weighted by atomic mass is 10.00. The number of methoxy groups -OCH3 is 1. The minimum atomic E-state index is -0.166. The summed E-state index contributed by atoms with van der Waals surface area (Å²) in [7, 11) is 1.62. The Morgan fingerprint density at radius 1 is 1.41 bits per heavy atom. The van der Waals surface area contributed by atoms with Crippen LogP contribution in [0.3, 0.4) is 0 Å². The van der Waals surface area contributed by atoms with Gasteiger partial charge in [0.25, 0.3) is 0 Å². The topological polar surface area (TPSA) is 61.8 Å². The van der Waals surface area contributed by atoms with Crippen LogP contribution in [0.4, 0.5) is 0 Å². The van der Waals surface area contributed by atoms with E-state index in [0.717, 1.165) is 25.7 Å². The Morgan fingerprint density at radius 2 is 2.06 bits per heavy atom. The summed E-state index contributed by atoms with van der Waals surface area (Å²) in [5.41, 5.74) is 0. The molecule has 2 rings (SSSR count). The van der Waals surface area contributed by atoms with E-state index in [4.69, 9.17) is 4.74 Å². The maximum Gasteiger partial charge on any atom is 0.234 e. The van der Waals surface area contributed by atoms with Crippen LogP contribution in [0.2, 0.25) is 0 Å². The fourth-order valence-electron chi connectivity index (χ4n) is 3.02. The SMILES string of the molecule is COCCNC(=O)CN1C2CCC1CC(O)C2. The third kappa shape index (κ3) is 3.18. The first kappa shape index (κ1) is 12.8. The normalized spacial score (nSPS) is 32.7. The first-order valence-electron chi connectivity index (χ1n) is 6.40. The van der Waals surface area contributed by atoms with Crippen LogP contribution < -0.4 is 5.32 Å². The molecule has 0 radical (unpaired) electrons. The van der Waals surface area contributed by atoms with Crippen molar-refractivity contribution in [1.82, 2.24) is 10.2 Å². The van der Waals surface area contributed by atoms with Gasteiger partial charge in [0.1, 0.15) is 0 Å². The lowest BCUT2D eigenvalue weighted by molar-refractivity contribution is -0.124. The highest BCUT2D eigenvalue weighted by molar-refractivity contribution is 5.78. The van der Waals surface area contributed by atoms with Crippen molar-refractivity contribution in [3.05, 3.63) is 0 Å². The van der Waals surface area contributed by atoms with Gasteiger partial charge in [-0.2, -0.15) is 0 Å². The molecule has 1 amide bonds. The van der Waals surface area contributed by atoms with Gasteiger partial charge in [0.05, 0.1) is 19.3 Å². The summed E-state index contributed by atoms with van der Waals surface area (Å²) >= 11 is 0. The van der Waals surface area contributed by atoms with E-state index >= 15 is 0 Å². The summed E-state index contributed by atoms with van der Waals surface area (Å²) in [6, 6.07) is 0.800. The van der Waals surface area contributed by atoms with E-state index in [1.807, 2.05) is 0 Å². The minimum absolute atomic E-state index is 0.0651. The quantitative estimate of drug-likeness (QED) is 0.652. The minimum Gasteiger partial charge on any atom is -0.393 e. The summed E-state index contributed by atoms with van der Waals surface area (Å²) < 4.78 is 4.89. The van der Waals surface area contributed by atoms with Crippen molar-refractivity contribution in [3.63, 3.8) is 0 Å². The lowest BCUT2D eigenvalue weighted by Gasteiger charge is -2.36. The molecule has 2 fully saturated rings. The molecule has 98 valence electrons. The zero-order valence-corrected chi connectivity index (χ0v) is 10.4. The molecule has 2 heterocycles. The zero-order chi connectivity index (χ0) is 12.3. The molecule has 0 aliphatic carbocycles. The maximum atomic E-state index is 11.7. The van der Waals surface area contributed by atoms with Crippen LogP contribution >= 0.6 is 0 Å². The Morgan fingerprint density at radius 3 is 2.65 bits per heavy atom. The fraction of sp³-hybridized carbons (Fsp3) is 0.917. The molecule has 0 aromatic rings. The number of aliphatic hydroxyl groups is 1. The van der Waals surface area contributed by atoms with Crippen LogP contribution in [0, 0.1) is 0 Å². The van der Waals surface area contributed by atoms with Crippen molar-refractivity contribution in [2.24, 2.45) is 0 Å².